The Bertz CT molecular complexity index is 582. The Morgan fingerprint density at radius 1 is 1.06 bits per heavy atom. The van der Waals surface area contributed by atoms with E-state index < -0.39 is 9.84 Å². The maximum atomic E-state index is 12.0. The van der Waals surface area contributed by atoms with E-state index in [0.717, 1.165) is 3.57 Å². The van der Waals surface area contributed by atoms with Crippen molar-refractivity contribution in [3.8, 4) is 0 Å². The van der Waals surface area contributed by atoms with Gasteiger partial charge in [0, 0.05) is 9.77 Å². The Kier molecular flexibility index (Phi) is 3.20. The summed E-state index contributed by atoms with van der Waals surface area (Å²) in [6.45, 7) is 0. The van der Waals surface area contributed by atoms with Crippen molar-refractivity contribution in [2.75, 3.05) is 0 Å². The van der Waals surface area contributed by atoms with Crippen molar-refractivity contribution in [1.82, 2.24) is 10.2 Å². The van der Waals surface area contributed by atoms with Crippen molar-refractivity contribution in [3.05, 3.63) is 46.2 Å². The van der Waals surface area contributed by atoms with Crippen molar-refractivity contribution >= 4 is 32.4 Å². The minimum atomic E-state index is -3.53. The van der Waals surface area contributed by atoms with Crippen LogP contribution in [-0.2, 0) is 9.84 Å². The number of sulfone groups is 1. The highest BCUT2D eigenvalue weighted by Gasteiger charge is 2.18. The molecule has 2 aromatic rings. The van der Waals surface area contributed by atoms with Gasteiger partial charge >= 0.3 is 0 Å². The van der Waals surface area contributed by atoms with Gasteiger partial charge in [-0.05, 0) is 59.0 Å². The first-order valence-corrected chi connectivity index (χ1v) is 6.95. The zero-order valence-corrected chi connectivity index (χ0v) is 11.0. The average molecular weight is 346 g/mol. The lowest BCUT2D eigenvalue weighted by atomic mass is 10.4. The van der Waals surface area contributed by atoms with Crippen LogP contribution in [0.1, 0.15) is 0 Å². The van der Waals surface area contributed by atoms with Gasteiger partial charge in [0.15, 0.2) is 5.03 Å². The molecule has 82 valence electrons. The number of hydrogen-bond donors (Lipinski definition) is 0. The molecule has 16 heavy (non-hydrogen) atoms. The second kappa shape index (κ2) is 4.46. The lowest BCUT2D eigenvalue weighted by Crippen LogP contribution is -2.04. The number of aromatic nitrogens is 2. The summed E-state index contributed by atoms with van der Waals surface area (Å²) in [5.41, 5.74) is 0. The maximum Gasteiger partial charge on any atom is 0.225 e. The summed E-state index contributed by atoms with van der Waals surface area (Å²) >= 11 is 2.12. The number of nitrogens with zero attached hydrogens (tertiary/aromatic N) is 2. The van der Waals surface area contributed by atoms with Crippen LogP contribution in [0.3, 0.4) is 0 Å². The molecular formula is C10H7IN2O2S. The SMILES string of the molecule is O=S(=O)(c1ccc(I)cc1)c1cccnn1. The molecule has 1 aromatic heterocycles. The van der Waals surface area contributed by atoms with Crippen LogP contribution in [-0.4, -0.2) is 18.6 Å². The summed E-state index contributed by atoms with van der Waals surface area (Å²) in [7, 11) is -3.53. The smallest absolute Gasteiger partial charge is 0.217 e. The molecule has 0 aliphatic carbocycles. The van der Waals surface area contributed by atoms with Crippen LogP contribution in [0.4, 0.5) is 0 Å². The van der Waals surface area contributed by atoms with Gasteiger partial charge in [-0.2, -0.15) is 5.10 Å². The van der Waals surface area contributed by atoms with E-state index in [1.807, 2.05) is 0 Å². The molecule has 0 aliphatic rings. The summed E-state index contributed by atoms with van der Waals surface area (Å²) in [6.07, 6.45) is 1.44. The Morgan fingerprint density at radius 3 is 2.31 bits per heavy atom. The first-order chi connectivity index (χ1) is 7.60. The van der Waals surface area contributed by atoms with Crippen LogP contribution in [0.15, 0.2) is 52.5 Å². The molecule has 0 amide bonds. The third-order valence-corrected chi connectivity index (χ3v) is 4.33. The Balaban J connectivity index is 2.52. The van der Waals surface area contributed by atoms with Crippen molar-refractivity contribution in [3.63, 3.8) is 0 Å². The first-order valence-electron chi connectivity index (χ1n) is 4.39. The first kappa shape index (κ1) is 11.5. The van der Waals surface area contributed by atoms with E-state index in [1.54, 1.807) is 30.3 Å². The van der Waals surface area contributed by atoms with Gasteiger partial charge < -0.3 is 0 Å². The van der Waals surface area contributed by atoms with Gasteiger partial charge in [-0.15, -0.1) is 5.10 Å². The fourth-order valence-corrected chi connectivity index (χ4v) is 2.67. The highest BCUT2D eigenvalue weighted by molar-refractivity contribution is 14.1. The van der Waals surface area contributed by atoms with Crippen LogP contribution in [0.25, 0.3) is 0 Å². The highest BCUT2D eigenvalue weighted by Crippen LogP contribution is 2.18. The van der Waals surface area contributed by atoms with Gasteiger partial charge in [-0.3, -0.25) is 0 Å². The standard InChI is InChI=1S/C10H7IN2O2S/c11-8-3-5-9(6-4-8)16(14,15)10-2-1-7-12-13-10/h1-7H. The molecule has 1 heterocycles. The van der Waals surface area contributed by atoms with Crippen LogP contribution in [0, 0.1) is 3.57 Å². The van der Waals surface area contributed by atoms with Crippen molar-refractivity contribution < 1.29 is 8.42 Å². The fourth-order valence-electron chi connectivity index (χ4n) is 1.17. The molecule has 1 aromatic carbocycles. The molecule has 0 bridgehead atoms. The molecule has 0 fully saturated rings. The van der Waals surface area contributed by atoms with E-state index >= 15 is 0 Å². The highest BCUT2D eigenvalue weighted by atomic mass is 127. The van der Waals surface area contributed by atoms with E-state index in [0.29, 0.717) is 0 Å². The quantitative estimate of drug-likeness (QED) is 0.780. The Hall–Kier alpha value is -1.02. The molecule has 0 saturated carbocycles. The molecule has 0 unspecified atom stereocenters. The summed E-state index contributed by atoms with van der Waals surface area (Å²) in [5.74, 6) is 0. The molecule has 0 radical (unpaired) electrons. The number of rotatable bonds is 2. The second-order valence-corrected chi connectivity index (χ2v) is 6.16. The largest absolute Gasteiger partial charge is 0.225 e. The van der Waals surface area contributed by atoms with E-state index in [2.05, 4.69) is 32.8 Å². The van der Waals surface area contributed by atoms with Gasteiger partial charge in [0.1, 0.15) is 0 Å². The lowest BCUT2D eigenvalue weighted by Gasteiger charge is -2.02. The van der Waals surface area contributed by atoms with Crippen LogP contribution < -0.4 is 0 Å². The van der Waals surface area contributed by atoms with Crippen LogP contribution in [0.5, 0.6) is 0 Å². The van der Waals surface area contributed by atoms with Crippen molar-refractivity contribution in [1.29, 1.82) is 0 Å². The monoisotopic (exact) mass is 346 g/mol. The van der Waals surface area contributed by atoms with E-state index in [-0.39, 0.29) is 9.92 Å². The summed E-state index contributed by atoms with van der Waals surface area (Å²) < 4.78 is 25.1. The zero-order chi connectivity index (χ0) is 11.6. The minimum absolute atomic E-state index is 0.0313. The van der Waals surface area contributed by atoms with E-state index in [1.165, 1.54) is 12.3 Å². The number of hydrogen-bond acceptors (Lipinski definition) is 4. The fraction of sp³-hybridized carbons (Fsp3) is 0. The summed E-state index contributed by atoms with van der Waals surface area (Å²) in [6, 6.07) is 9.58. The lowest BCUT2D eigenvalue weighted by molar-refractivity contribution is 0.590. The van der Waals surface area contributed by atoms with Crippen molar-refractivity contribution in [2.45, 2.75) is 9.92 Å². The Labute approximate surface area is 107 Å². The van der Waals surface area contributed by atoms with E-state index in [9.17, 15) is 8.42 Å². The van der Waals surface area contributed by atoms with Crippen molar-refractivity contribution in [2.24, 2.45) is 0 Å². The summed E-state index contributed by atoms with van der Waals surface area (Å²) in [4.78, 5) is 0.230. The molecular weight excluding hydrogens is 339 g/mol. The van der Waals surface area contributed by atoms with Crippen LogP contribution >= 0.6 is 22.6 Å². The normalized spacial score (nSPS) is 11.3. The predicted molar refractivity (Wildman–Crippen MR) is 66.6 cm³/mol. The Morgan fingerprint density at radius 2 is 1.75 bits per heavy atom. The van der Waals surface area contributed by atoms with Gasteiger partial charge in [-0.25, -0.2) is 8.42 Å². The molecule has 0 atom stereocenters. The van der Waals surface area contributed by atoms with Gasteiger partial charge in [0.2, 0.25) is 9.84 Å². The third kappa shape index (κ3) is 2.22. The average Bonchev–Trinajstić information content (AvgIpc) is 2.31. The molecule has 6 heteroatoms. The van der Waals surface area contributed by atoms with Gasteiger partial charge in [0.05, 0.1) is 4.90 Å². The van der Waals surface area contributed by atoms with Gasteiger partial charge in [-0.1, -0.05) is 0 Å². The third-order valence-electron chi connectivity index (χ3n) is 1.95. The summed E-state index contributed by atoms with van der Waals surface area (Å²) in [5, 5.41) is 7.14. The maximum absolute atomic E-state index is 12.0. The number of benzene rings is 1. The molecule has 0 spiro atoms. The van der Waals surface area contributed by atoms with Crippen LogP contribution in [0.2, 0.25) is 0 Å². The minimum Gasteiger partial charge on any atom is -0.217 e. The zero-order valence-electron chi connectivity index (χ0n) is 8.04. The topological polar surface area (TPSA) is 59.9 Å². The second-order valence-electron chi connectivity index (χ2n) is 3.02. The molecule has 0 saturated heterocycles. The molecule has 4 nitrogen and oxygen atoms in total. The molecule has 0 aliphatic heterocycles. The van der Waals surface area contributed by atoms with Gasteiger partial charge in [0.25, 0.3) is 0 Å². The molecule has 0 N–H and O–H groups in total. The van der Waals surface area contributed by atoms with E-state index in [4.69, 9.17) is 0 Å². The number of halogens is 1. The predicted octanol–water partition coefficient (Wildman–Crippen LogP) is 1.91. The molecule has 2 rings (SSSR count).